The quantitative estimate of drug-likeness (QED) is 0.783. The Labute approximate surface area is 95.2 Å². The highest BCUT2D eigenvalue weighted by Gasteiger charge is 2.37. The number of halogens is 1. The fourth-order valence-electron chi connectivity index (χ4n) is 3.25. The standard InChI is InChI=1S/C13H17FN2/c14-11-3-1-2-9-4-5-12-10(8-15)6-7-16(12)13(9)11/h1-3,10,12H,4-8,15H2. The Hall–Kier alpha value is -1.09. The van der Waals surface area contributed by atoms with E-state index in [2.05, 4.69) is 4.90 Å². The molecule has 2 unspecified atom stereocenters. The van der Waals surface area contributed by atoms with Gasteiger partial charge in [-0.25, -0.2) is 4.39 Å². The van der Waals surface area contributed by atoms with E-state index in [0.717, 1.165) is 43.6 Å². The average Bonchev–Trinajstić information content (AvgIpc) is 2.72. The Morgan fingerprint density at radius 1 is 1.38 bits per heavy atom. The molecule has 0 bridgehead atoms. The van der Waals surface area contributed by atoms with E-state index in [0.29, 0.717) is 12.0 Å². The minimum Gasteiger partial charge on any atom is -0.366 e. The first-order valence-electron chi connectivity index (χ1n) is 6.05. The van der Waals surface area contributed by atoms with Gasteiger partial charge >= 0.3 is 0 Å². The normalized spacial score (nSPS) is 27.8. The van der Waals surface area contributed by atoms with Gasteiger partial charge in [0.05, 0.1) is 5.69 Å². The highest BCUT2D eigenvalue weighted by atomic mass is 19.1. The van der Waals surface area contributed by atoms with Crippen molar-refractivity contribution in [1.82, 2.24) is 0 Å². The van der Waals surface area contributed by atoms with Crippen molar-refractivity contribution < 1.29 is 4.39 Å². The van der Waals surface area contributed by atoms with Gasteiger partial charge in [0, 0.05) is 12.6 Å². The maximum atomic E-state index is 13.9. The Morgan fingerprint density at radius 3 is 3.06 bits per heavy atom. The topological polar surface area (TPSA) is 29.3 Å². The highest BCUT2D eigenvalue weighted by molar-refractivity contribution is 5.58. The molecule has 1 fully saturated rings. The summed E-state index contributed by atoms with van der Waals surface area (Å²) < 4.78 is 13.9. The SMILES string of the molecule is NCC1CCN2c3c(F)cccc3CCC12. The van der Waals surface area contributed by atoms with Gasteiger partial charge in [-0.1, -0.05) is 12.1 Å². The first-order chi connectivity index (χ1) is 7.81. The van der Waals surface area contributed by atoms with Gasteiger partial charge in [-0.2, -0.15) is 0 Å². The van der Waals surface area contributed by atoms with Crippen molar-refractivity contribution >= 4 is 5.69 Å². The molecule has 0 aliphatic carbocycles. The molecule has 2 N–H and O–H groups in total. The van der Waals surface area contributed by atoms with Crippen LogP contribution in [0.15, 0.2) is 18.2 Å². The molecule has 16 heavy (non-hydrogen) atoms. The molecule has 1 aromatic rings. The van der Waals surface area contributed by atoms with Crippen LogP contribution in [0.3, 0.4) is 0 Å². The lowest BCUT2D eigenvalue weighted by atomic mass is 9.90. The Balaban J connectivity index is 2.01. The maximum Gasteiger partial charge on any atom is 0.146 e. The zero-order chi connectivity index (χ0) is 11.1. The summed E-state index contributed by atoms with van der Waals surface area (Å²) in [7, 11) is 0. The molecule has 0 spiro atoms. The van der Waals surface area contributed by atoms with Crippen LogP contribution in [0.4, 0.5) is 10.1 Å². The first-order valence-corrected chi connectivity index (χ1v) is 6.05. The number of rotatable bonds is 1. The van der Waals surface area contributed by atoms with E-state index in [1.165, 1.54) is 0 Å². The molecular formula is C13H17FN2. The predicted molar refractivity (Wildman–Crippen MR) is 63.0 cm³/mol. The number of hydrogen-bond acceptors (Lipinski definition) is 2. The van der Waals surface area contributed by atoms with Crippen LogP contribution in [0.2, 0.25) is 0 Å². The van der Waals surface area contributed by atoms with E-state index in [1.54, 1.807) is 6.07 Å². The van der Waals surface area contributed by atoms with Crippen molar-refractivity contribution in [1.29, 1.82) is 0 Å². The van der Waals surface area contributed by atoms with Crippen LogP contribution in [0.5, 0.6) is 0 Å². The van der Waals surface area contributed by atoms with Crippen LogP contribution in [0, 0.1) is 11.7 Å². The average molecular weight is 220 g/mol. The molecule has 0 saturated carbocycles. The van der Waals surface area contributed by atoms with Gasteiger partial charge in [0.25, 0.3) is 0 Å². The molecule has 0 amide bonds. The zero-order valence-corrected chi connectivity index (χ0v) is 9.32. The summed E-state index contributed by atoms with van der Waals surface area (Å²) in [6, 6.07) is 5.89. The largest absolute Gasteiger partial charge is 0.366 e. The molecule has 3 heteroatoms. The summed E-state index contributed by atoms with van der Waals surface area (Å²) in [5, 5.41) is 0. The van der Waals surface area contributed by atoms with Crippen molar-refractivity contribution in [3.05, 3.63) is 29.6 Å². The lowest BCUT2D eigenvalue weighted by molar-refractivity contribution is 0.441. The number of aryl methyl sites for hydroxylation is 1. The molecule has 3 rings (SSSR count). The molecule has 2 atom stereocenters. The molecule has 2 aliphatic rings. The van der Waals surface area contributed by atoms with E-state index < -0.39 is 0 Å². The molecule has 0 radical (unpaired) electrons. The summed E-state index contributed by atoms with van der Waals surface area (Å²) in [6.45, 7) is 1.69. The van der Waals surface area contributed by atoms with Crippen LogP contribution in [0.25, 0.3) is 0 Å². The lowest BCUT2D eigenvalue weighted by Crippen LogP contribution is -2.39. The second-order valence-corrected chi connectivity index (χ2v) is 4.83. The summed E-state index contributed by atoms with van der Waals surface area (Å²) in [5.74, 6) is 0.479. The number of para-hydroxylation sites is 1. The van der Waals surface area contributed by atoms with Crippen LogP contribution in [0.1, 0.15) is 18.4 Å². The molecule has 0 aromatic heterocycles. The molecule has 2 aliphatic heterocycles. The van der Waals surface area contributed by atoms with Gasteiger partial charge in [0.2, 0.25) is 0 Å². The molecule has 1 aromatic carbocycles. The Morgan fingerprint density at radius 2 is 2.25 bits per heavy atom. The van der Waals surface area contributed by atoms with Gasteiger partial charge in [0.15, 0.2) is 0 Å². The molecule has 2 heterocycles. The van der Waals surface area contributed by atoms with Crippen molar-refractivity contribution in [2.45, 2.75) is 25.3 Å². The molecule has 86 valence electrons. The monoisotopic (exact) mass is 220 g/mol. The zero-order valence-electron chi connectivity index (χ0n) is 9.32. The van der Waals surface area contributed by atoms with Gasteiger partial charge in [-0.3, -0.25) is 0 Å². The van der Waals surface area contributed by atoms with E-state index in [4.69, 9.17) is 5.73 Å². The second kappa shape index (κ2) is 3.74. The number of hydrogen-bond donors (Lipinski definition) is 1. The number of fused-ring (bicyclic) bond motifs is 3. The fourth-order valence-corrected chi connectivity index (χ4v) is 3.25. The molecule has 2 nitrogen and oxygen atoms in total. The lowest BCUT2D eigenvalue weighted by Gasteiger charge is -2.35. The smallest absolute Gasteiger partial charge is 0.146 e. The number of benzene rings is 1. The van der Waals surface area contributed by atoms with Crippen molar-refractivity contribution in [2.24, 2.45) is 11.7 Å². The van der Waals surface area contributed by atoms with Gasteiger partial charge < -0.3 is 10.6 Å². The van der Waals surface area contributed by atoms with E-state index >= 15 is 0 Å². The summed E-state index contributed by atoms with van der Waals surface area (Å²) in [6.07, 6.45) is 3.22. The number of anilines is 1. The Kier molecular flexibility index (Phi) is 2.36. The first kappa shape index (κ1) is 10.1. The number of nitrogens with zero attached hydrogens (tertiary/aromatic N) is 1. The Bertz CT molecular complexity index is 405. The van der Waals surface area contributed by atoms with Crippen molar-refractivity contribution in [3.8, 4) is 0 Å². The minimum absolute atomic E-state index is 0.0696. The molecule has 1 saturated heterocycles. The summed E-state index contributed by atoms with van der Waals surface area (Å²) >= 11 is 0. The van der Waals surface area contributed by atoms with Gasteiger partial charge in [0.1, 0.15) is 5.82 Å². The minimum atomic E-state index is -0.0696. The predicted octanol–water partition coefficient (Wildman–Crippen LogP) is 1.93. The van der Waals surface area contributed by atoms with E-state index in [9.17, 15) is 4.39 Å². The second-order valence-electron chi connectivity index (χ2n) is 4.83. The maximum absolute atomic E-state index is 13.9. The third-order valence-corrected chi connectivity index (χ3v) is 4.06. The van der Waals surface area contributed by atoms with Crippen molar-refractivity contribution in [3.63, 3.8) is 0 Å². The van der Waals surface area contributed by atoms with Gasteiger partial charge in [-0.15, -0.1) is 0 Å². The third-order valence-electron chi connectivity index (χ3n) is 4.06. The number of nitrogens with two attached hydrogens (primary N) is 1. The van der Waals surface area contributed by atoms with Crippen molar-refractivity contribution in [2.75, 3.05) is 18.0 Å². The highest BCUT2D eigenvalue weighted by Crippen LogP contribution is 2.39. The van der Waals surface area contributed by atoms with E-state index in [-0.39, 0.29) is 5.82 Å². The summed E-state index contributed by atoms with van der Waals surface area (Å²) in [4.78, 5) is 2.24. The van der Waals surface area contributed by atoms with Crippen LogP contribution in [-0.4, -0.2) is 19.1 Å². The van der Waals surface area contributed by atoms with E-state index in [1.807, 2.05) is 12.1 Å². The van der Waals surface area contributed by atoms with Crippen LogP contribution < -0.4 is 10.6 Å². The summed E-state index contributed by atoms with van der Waals surface area (Å²) in [5.41, 5.74) is 7.78. The molecular weight excluding hydrogens is 203 g/mol. The third kappa shape index (κ3) is 1.34. The van der Waals surface area contributed by atoms with Gasteiger partial charge in [-0.05, 0) is 43.4 Å². The van der Waals surface area contributed by atoms with Crippen LogP contribution >= 0.6 is 0 Å². The van der Waals surface area contributed by atoms with Crippen LogP contribution in [-0.2, 0) is 6.42 Å². The fraction of sp³-hybridized carbons (Fsp3) is 0.538.